The molecular weight excluding hydrogens is 364 g/mol. The number of hydrogen-bond donors (Lipinski definition) is 2. The number of anilines is 1. The van der Waals surface area contributed by atoms with E-state index in [1.165, 1.54) is 19.2 Å². The summed E-state index contributed by atoms with van der Waals surface area (Å²) in [6.45, 7) is 2.21. The first-order chi connectivity index (χ1) is 13.5. The summed E-state index contributed by atoms with van der Waals surface area (Å²) in [5, 5.41) is 5.50. The maximum Gasteiger partial charge on any atom is 0.513 e. The molecule has 2 rings (SSSR count). The van der Waals surface area contributed by atoms with E-state index in [2.05, 4.69) is 15.4 Å². The minimum absolute atomic E-state index is 0.00764. The van der Waals surface area contributed by atoms with Crippen LogP contribution in [0, 0.1) is 0 Å². The molecule has 0 bridgehead atoms. The predicted molar refractivity (Wildman–Crippen MR) is 102 cm³/mol. The number of nitrogens with one attached hydrogen (secondary N) is 2. The lowest BCUT2D eigenvalue weighted by molar-refractivity contribution is -0.124. The Morgan fingerprint density at radius 1 is 1.04 bits per heavy atom. The van der Waals surface area contributed by atoms with Gasteiger partial charge in [0.2, 0.25) is 5.91 Å². The zero-order valence-corrected chi connectivity index (χ0v) is 15.7. The number of methoxy groups -OCH3 is 1. The Morgan fingerprint density at radius 3 is 2.46 bits per heavy atom. The molecule has 2 amide bonds. The fraction of sp³-hybridized carbons (Fsp3) is 0.250. The minimum atomic E-state index is -0.797. The van der Waals surface area contributed by atoms with Gasteiger partial charge in [-0.15, -0.1) is 0 Å². The molecule has 0 aliphatic carbocycles. The van der Waals surface area contributed by atoms with Crippen LogP contribution in [-0.4, -0.2) is 38.3 Å². The van der Waals surface area contributed by atoms with Gasteiger partial charge in [-0.1, -0.05) is 12.1 Å². The molecule has 0 heterocycles. The largest absolute Gasteiger partial charge is 0.513 e. The third-order valence-electron chi connectivity index (χ3n) is 3.53. The molecule has 8 heteroatoms. The first-order valence-electron chi connectivity index (χ1n) is 8.62. The monoisotopic (exact) mass is 386 g/mol. The van der Waals surface area contributed by atoms with Crippen LogP contribution in [0.4, 0.5) is 10.5 Å². The highest BCUT2D eigenvalue weighted by molar-refractivity contribution is 6.04. The molecule has 2 N–H and O–H groups in total. The van der Waals surface area contributed by atoms with Crippen molar-refractivity contribution in [3.05, 3.63) is 59.7 Å². The van der Waals surface area contributed by atoms with E-state index < -0.39 is 6.16 Å². The fourth-order valence-electron chi connectivity index (χ4n) is 2.26. The number of amides is 2. The molecule has 0 saturated heterocycles. The Morgan fingerprint density at radius 2 is 1.79 bits per heavy atom. The smallest absolute Gasteiger partial charge is 0.434 e. The van der Waals surface area contributed by atoms with Gasteiger partial charge in [0.15, 0.2) is 0 Å². The predicted octanol–water partition coefficient (Wildman–Crippen LogP) is 2.74. The first kappa shape index (κ1) is 20.9. The lowest BCUT2D eigenvalue weighted by Crippen LogP contribution is -2.26. The summed E-state index contributed by atoms with van der Waals surface area (Å²) in [6, 6.07) is 13.2. The maximum atomic E-state index is 12.4. The number of hydrogen-bond acceptors (Lipinski definition) is 6. The highest BCUT2D eigenvalue weighted by Crippen LogP contribution is 2.16. The lowest BCUT2D eigenvalue weighted by Gasteiger charge is -2.09. The molecule has 0 atom stereocenters. The van der Waals surface area contributed by atoms with Crippen LogP contribution >= 0.6 is 0 Å². The van der Waals surface area contributed by atoms with Gasteiger partial charge in [0.05, 0.1) is 6.61 Å². The molecule has 0 saturated carbocycles. The quantitative estimate of drug-likeness (QED) is 0.534. The fourth-order valence-corrected chi connectivity index (χ4v) is 2.26. The third kappa shape index (κ3) is 6.73. The van der Waals surface area contributed by atoms with E-state index in [9.17, 15) is 14.4 Å². The molecule has 28 heavy (non-hydrogen) atoms. The molecule has 0 aliphatic heterocycles. The zero-order valence-electron chi connectivity index (χ0n) is 15.7. The summed E-state index contributed by atoms with van der Waals surface area (Å²) in [5.74, 6) is -0.255. The summed E-state index contributed by atoms with van der Waals surface area (Å²) >= 11 is 0. The Kier molecular flexibility index (Phi) is 7.98. The van der Waals surface area contributed by atoms with Gasteiger partial charge < -0.3 is 24.8 Å². The zero-order chi connectivity index (χ0) is 20.4. The van der Waals surface area contributed by atoms with Crippen molar-refractivity contribution in [2.75, 3.05) is 25.6 Å². The van der Waals surface area contributed by atoms with E-state index in [4.69, 9.17) is 9.47 Å². The van der Waals surface area contributed by atoms with E-state index in [0.717, 1.165) is 5.56 Å². The summed E-state index contributed by atoms with van der Waals surface area (Å²) < 4.78 is 14.4. The van der Waals surface area contributed by atoms with Gasteiger partial charge in [0.1, 0.15) is 12.4 Å². The summed E-state index contributed by atoms with van der Waals surface area (Å²) in [7, 11) is 1.45. The van der Waals surface area contributed by atoms with Crippen molar-refractivity contribution in [2.24, 2.45) is 0 Å². The summed E-state index contributed by atoms with van der Waals surface area (Å²) in [4.78, 5) is 35.1. The number of ether oxygens (including phenoxy) is 3. The molecule has 0 aliphatic rings. The highest BCUT2D eigenvalue weighted by Gasteiger charge is 2.09. The van der Waals surface area contributed by atoms with Crippen LogP contribution in [0.3, 0.4) is 0 Å². The van der Waals surface area contributed by atoms with Gasteiger partial charge in [-0.3, -0.25) is 9.59 Å². The SMILES string of the molecule is CCOC(=O)Oc1ccc(C(=O)Nc2cccc(CNC(=O)COC)c2)cc1. The van der Waals surface area contributed by atoms with Crippen molar-refractivity contribution in [3.8, 4) is 5.75 Å². The van der Waals surface area contributed by atoms with E-state index in [-0.39, 0.29) is 30.8 Å². The van der Waals surface area contributed by atoms with Crippen LogP contribution < -0.4 is 15.4 Å². The average molecular weight is 386 g/mol. The van der Waals surface area contributed by atoms with Crippen molar-refractivity contribution >= 4 is 23.7 Å². The van der Waals surface area contributed by atoms with Crippen LogP contribution in [0.15, 0.2) is 48.5 Å². The lowest BCUT2D eigenvalue weighted by atomic mass is 10.1. The van der Waals surface area contributed by atoms with Crippen molar-refractivity contribution in [1.82, 2.24) is 5.32 Å². The Bertz CT molecular complexity index is 820. The molecule has 0 fully saturated rings. The molecule has 0 aromatic heterocycles. The van der Waals surface area contributed by atoms with Gasteiger partial charge in [0.25, 0.3) is 5.91 Å². The van der Waals surface area contributed by atoms with Crippen LogP contribution in [0.5, 0.6) is 5.75 Å². The number of carbonyl (C=O) groups excluding carboxylic acids is 3. The maximum absolute atomic E-state index is 12.4. The average Bonchev–Trinajstić information content (AvgIpc) is 2.67. The molecule has 0 spiro atoms. The molecule has 2 aromatic carbocycles. The van der Waals surface area contributed by atoms with Gasteiger partial charge in [-0.05, 0) is 48.9 Å². The molecule has 0 unspecified atom stereocenters. The van der Waals surface area contributed by atoms with Crippen molar-refractivity contribution in [1.29, 1.82) is 0 Å². The molecule has 8 nitrogen and oxygen atoms in total. The Labute approximate surface area is 162 Å². The van der Waals surface area contributed by atoms with Crippen LogP contribution in [0.1, 0.15) is 22.8 Å². The Hall–Kier alpha value is -3.39. The van der Waals surface area contributed by atoms with Crippen molar-refractivity contribution in [2.45, 2.75) is 13.5 Å². The van der Waals surface area contributed by atoms with Gasteiger partial charge in [-0.25, -0.2) is 4.79 Å². The van der Waals surface area contributed by atoms with Crippen LogP contribution in [0.2, 0.25) is 0 Å². The second-order valence-electron chi connectivity index (χ2n) is 5.67. The minimum Gasteiger partial charge on any atom is -0.434 e. The van der Waals surface area contributed by atoms with Crippen molar-refractivity contribution < 1.29 is 28.6 Å². The second-order valence-corrected chi connectivity index (χ2v) is 5.67. The van der Waals surface area contributed by atoms with Gasteiger partial charge in [0, 0.05) is 24.9 Å². The standard InChI is InChI=1S/C20H22N2O6/c1-3-27-20(25)28-17-9-7-15(8-10-17)19(24)22-16-6-4-5-14(11-16)12-21-18(23)13-26-2/h4-11H,3,12-13H2,1-2H3,(H,21,23)(H,22,24). The molecule has 2 aromatic rings. The molecular formula is C20H22N2O6. The van der Waals surface area contributed by atoms with Gasteiger partial charge >= 0.3 is 6.16 Å². The number of rotatable bonds is 8. The summed E-state index contributed by atoms with van der Waals surface area (Å²) in [5.41, 5.74) is 1.82. The molecule has 0 radical (unpaired) electrons. The third-order valence-corrected chi connectivity index (χ3v) is 3.53. The topological polar surface area (TPSA) is 103 Å². The van der Waals surface area contributed by atoms with Crippen LogP contribution in [-0.2, 0) is 20.8 Å². The highest BCUT2D eigenvalue weighted by atomic mass is 16.7. The van der Waals surface area contributed by atoms with Gasteiger partial charge in [-0.2, -0.15) is 0 Å². The number of benzene rings is 2. The van der Waals surface area contributed by atoms with E-state index in [0.29, 0.717) is 17.8 Å². The van der Waals surface area contributed by atoms with Crippen LogP contribution in [0.25, 0.3) is 0 Å². The van der Waals surface area contributed by atoms with Crippen molar-refractivity contribution in [3.63, 3.8) is 0 Å². The van der Waals surface area contributed by atoms with E-state index in [1.807, 2.05) is 6.07 Å². The first-order valence-corrected chi connectivity index (χ1v) is 8.62. The van der Waals surface area contributed by atoms with E-state index in [1.54, 1.807) is 37.3 Å². The summed E-state index contributed by atoms with van der Waals surface area (Å²) in [6.07, 6.45) is -0.797. The second kappa shape index (κ2) is 10.7. The molecule has 148 valence electrons. The normalized spacial score (nSPS) is 10.1. The van der Waals surface area contributed by atoms with E-state index >= 15 is 0 Å². The number of carbonyl (C=O) groups is 3. The Balaban J connectivity index is 1.94.